The lowest BCUT2D eigenvalue weighted by Gasteiger charge is -2.05. The van der Waals surface area contributed by atoms with Crippen LogP contribution in [-0.2, 0) is 6.54 Å². The number of aromatic nitrogens is 3. The van der Waals surface area contributed by atoms with Crippen LogP contribution in [0.5, 0.6) is 5.75 Å². The van der Waals surface area contributed by atoms with Gasteiger partial charge in [-0.25, -0.2) is 9.97 Å². The monoisotopic (exact) mass is 274 g/mol. The molecule has 0 aliphatic carbocycles. The molecular formula is C13H14N4OS. The predicted octanol–water partition coefficient (Wildman–Crippen LogP) is 2.44. The molecule has 2 aromatic heterocycles. The summed E-state index contributed by atoms with van der Waals surface area (Å²) >= 11 is 1.63. The molecule has 0 spiro atoms. The van der Waals surface area contributed by atoms with Crippen LogP contribution >= 0.6 is 11.3 Å². The van der Waals surface area contributed by atoms with E-state index in [1.165, 1.54) is 0 Å². The molecule has 0 bridgehead atoms. The minimum absolute atomic E-state index is 0.494. The van der Waals surface area contributed by atoms with Gasteiger partial charge >= 0.3 is 0 Å². The number of methoxy groups -OCH3 is 1. The Balaban J connectivity index is 2.08. The fraction of sp³-hybridized carbons (Fsp3) is 0.231. The summed E-state index contributed by atoms with van der Waals surface area (Å²) in [6, 6.07) is 5.73. The van der Waals surface area contributed by atoms with Gasteiger partial charge in [0.05, 0.1) is 35.4 Å². The Kier molecular flexibility index (Phi) is 2.87. The summed E-state index contributed by atoms with van der Waals surface area (Å²) in [5.74, 6) is 1.29. The molecule has 0 radical (unpaired) electrons. The molecule has 3 rings (SSSR count). The van der Waals surface area contributed by atoms with Crippen LogP contribution < -0.4 is 10.5 Å². The molecule has 0 fully saturated rings. The zero-order valence-corrected chi connectivity index (χ0v) is 11.6. The zero-order chi connectivity index (χ0) is 13.4. The van der Waals surface area contributed by atoms with Crippen molar-refractivity contribution in [3.8, 4) is 5.75 Å². The lowest BCUT2D eigenvalue weighted by Crippen LogP contribution is -2.04. The third-order valence-electron chi connectivity index (χ3n) is 2.97. The van der Waals surface area contributed by atoms with Crippen molar-refractivity contribution in [1.82, 2.24) is 14.5 Å². The van der Waals surface area contributed by atoms with Gasteiger partial charge in [-0.3, -0.25) is 0 Å². The van der Waals surface area contributed by atoms with Crippen molar-refractivity contribution in [2.24, 2.45) is 0 Å². The number of fused-ring (bicyclic) bond motifs is 1. The second-order valence-electron chi connectivity index (χ2n) is 4.27. The van der Waals surface area contributed by atoms with Gasteiger partial charge in [0.2, 0.25) is 5.95 Å². The molecule has 0 unspecified atom stereocenters. The predicted molar refractivity (Wildman–Crippen MR) is 76.7 cm³/mol. The van der Waals surface area contributed by atoms with Crippen LogP contribution in [0.25, 0.3) is 11.0 Å². The SMILES string of the molecule is COc1ccc2nc(N)n(Cc3csc(C)n3)c2c1. The second kappa shape index (κ2) is 4.55. The highest BCUT2D eigenvalue weighted by Gasteiger charge is 2.10. The minimum Gasteiger partial charge on any atom is -0.497 e. The maximum absolute atomic E-state index is 5.99. The van der Waals surface area contributed by atoms with Crippen molar-refractivity contribution in [2.45, 2.75) is 13.5 Å². The Labute approximate surface area is 114 Å². The van der Waals surface area contributed by atoms with Crippen LogP contribution in [0.1, 0.15) is 10.7 Å². The molecule has 2 heterocycles. The highest BCUT2D eigenvalue weighted by molar-refractivity contribution is 7.09. The van der Waals surface area contributed by atoms with Crippen molar-refractivity contribution in [3.63, 3.8) is 0 Å². The lowest BCUT2D eigenvalue weighted by molar-refractivity contribution is 0.415. The zero-order valence-electron chi connectivity index (χ0n) is 10.8. The van der Waals surface area contributed by atoms with Gasteiger partial charge in [-0.2, -0.15) is 0 Å². The molecule has 19 heavy (non-hydrogen) atoms. The summed E-state index contributed by atoms with van der Waals surface area (Å²) in [5.41, 5.74) is 8.81. The maximum atomic E-state index is 5.99. The Morgan fingerprint density at radius 3 is 2.89 bits per heavy atom. The van der Waals surface area contributed by atoms with E-state index in [9.17, 15) is 0 Å². The number of nitrogens with zero attached hydrogens (tertiary/aromatic N) is 3. The average molecular weight is 274 g/mol. The molecule has 0 saturated heterocycles. The van der Waals surface area contributed by atoms with Gasteiger partial charge in [0.25, 0.3) is 0 Å². The minimum atomic E-state index is 0.494. The van der Waals surface area contributed by atoms with E-state index in [0.29, 0.717) is 12.5 Å². The molecule has 98 valence electrons. The number of anilines is 1. The molecule has 0 aliphatic rings. The van der Waals surface area contributed by atoms with E-state index in [-0.39, 0.29) is 0 Å². The number of hydrogen-bond acceptors (Lipinski definition) is 5. The van der Waals surface area contributed by atoms with E-state index in [1.807, 2.05) is 35.1 Å². The van der Waals surface area contributed by atoms with E-state index >= 15 is 0 Å². The topological polar surface area (TPSA) is 66.0 Å². The third-order valence-corrected chi connectivity index (χ3v) is 3.79. The van der Waals surface area contributed by atoms with Gasteiger partial charge in [-0.05, 0) is 19.1 Å². The van der Waals surface area contributed by atoms with Crippen molar-refractivity contribution in [1.29, 1.82) is 0 Å². The van der Waals surface area contributed by atoms with E-state index in [4.69, 9.17) is 10.5 Å². The number of ether oxygens (including phenoxy) is 1. The van der Waals surface area contributed by atoms with Crippen molar-refractivity contribution in [2.75, 3.05) is 12.8 Å². The number of aryl methyl sites for hydroxylation is 1. The van der Waals surface area contributed by atoms with E-state index in [2.05, 4.69) is 9.97 Å². The molecule has 6 heteroatoms. The number of hydrogen-bond donors (Lipinski definition) is 1. The molecule has 0 amide bonds. The molecule has 0 aliphatic heterocycles. The van der Waals surface area contributed by atoms with Gasteiger partial charge in [-0.1, -0.05) is 0 Å². The largest absolute Gasteiger partial charge is 0.497 e. The Morgan fingerprint density at radius 2 is 2.21 bits per heavy atom. The van der Waals surface area contributed by atoms with Gasteiger partial charge in [0, 0.05) is 11.4 Å². The Bertz CT molecular complexity index is 731. The standard InChI is InChI=1S/C13H14N4OS/c1-8-15-9(7-19-8)6-17-12-5-10(18-2)3-4-11(12)16-13(17)14/h3-5,7H,6H2,1-2H3,(H2,14,16). The van der Waals surface area contributed by atoms with Crippen LogP contribution in [0.15, 0.2) is 23.6 Å². The fourth-order valence-electron chi connectivity index (χ4n) is 2.06. The molecule has 2 N–H and O–H groups in total. The summed E-state index contributed by atoms with van der Waals surface area (Å²) in [7, 11) is 1.65. The Hall–Kier alpha value is -2.08. The average Bonchev–Trinajstić information content (AvgIpc) is 2.94. The number of benzene rings is 1. The van der Waals surface area contributed by atoms with Crippen molar-refractivity contribution >= 4 is 28.3 Å². The quantitative estimate of drug-likeness (QED) is 0.796. The van der Waals surface area contributed by atoms with E-state index in [0.717, 1.165) is 27.5 Å². The van der Waals surface area contributed by atoms with Crippen LogP contribution in [0.4, 0.5) is 5.95 Å². The van der Waals surface area contributed by atoms with E-state index < -0.39 is 0 Å². The molecule has 1 aromatic carbocycles. The smallest absolute Gasteiger partial charge is 0.201 e. The molecule has 3 aromatic rings. The first-order valence-electron chi connectivity index (χ1n) is 5.88. The number of nitrogens with two attached hydrogens (primary N) is 1. The number of rotatable bonds is 3. The fourth-order valence-corrected chi connectivity index (χ4v) is 2.66. The van der Waals surface area contributed by atoms with Crippen molar-refractivity contribution < 1.29 is 4.74 Å². The summed E-state index contributed by atoms with van der Waals surface area (Å²) in [4.78, 5) is 8.81. The normalized spacial score (nSPS) is 11.1. The van der Waals surface area contributed by atoms with Gasteiger partial charge < -0.3 is 15.0 Å². The molecule has 5 nitrogen and oxygen atoms in total. The Morgan fingerprint density at radius 1 is 1.37 bits per heavy atom. The van der Waals surface area contributed by atoms with Crippen LogP contribution in [0.2, 0.25) is 0 Å². The van der Waals surface area contributed by atoms with Crippen LogP contribution in [0.3, 0.4) is 0 Å². The lowest BCUT2D eigenvalue weighted by atomic mass is 10.3. The molecule has 0 saturated carbocycles. The number of imidazole rings is 1. The summed E-state index contributed by atoms with van der Waals surface area (Å²) < 4.78 is 7.20. The molecular weight excluding hydrogens is 260 g/mol. The van der Waals surface area contributed by atoms with Crippen LogP contribution in [-0.4, -0.2) is 21.6 Å². The number of nitrogen functional groups attached to an aromatic ring is 1. The molecule has 0 atom stereocenters. The van der Waals surface area contributed by atoms with E-state index in [1.54, 1.807) is 18.4 Å². The summed E-state index contributed by atoms with van der Waals surface area (Å²) in [6.45, 7) is 2.62. The summed E-state index contributed by atoms with van der Waals surface area (Å²) in [5, 5.41) is 3.09. The highest BCUT2D eigenvalue weighted by Crippen LogP contribution is 2.24. The maximum Gasteiger partial charge on any atom is 0.201 e. The van der Waals surface area contributed by atoms with Crippen LogP contribution in [0, 0.1) is 6.92 Å². The first kappa shape index (κ1) is 12.0. The second-order valence-corrected chi connectivity index (χ2v) is 5.33. The van der Waals surface area contributed by atoms with Crippen molar-refractivity contribution in [3.05, 3.63) is 34.3 Å². The van der Waals surface area contributed by atoms with Gasteiger partial charge in [0.15, 0.2) is 0 Å². The highest BCUT2D eigenvalue weighted by atomic mass is 32.1. The van der Waals surface area contributed by atoms with Gasteiger partial charge in [-0.15, -0.1) is 11.3 Å². The summed E-state index contributed by atoms with van der Waals surface area (Å²) in [6.07, 6.45) is 0. The first-order valence-corrected chi connectivity index (χ1v) is 6.76. The number of thiazole rings is 1. The first-order chi connectivity index (χ1) is 9.17. The van der Waals surface area contributed by atoms with Gasteiger partial charge in [0.1, 0.15) is 5.75 Å². The third kappa shape index (κ3) is 2.15.